The molecule has 3 heterocycles. The van der Waals surface area contributed by atoms with Crippen molar-refractivity contribution in [2.75, 3.05) is 31.2 Å². The molecule has 0 saturated carbocycles. The Balaban J connectivity index is 1.81. The van der Waals surface area contributed by atoms with E-state index in [1.54, 1.807) is 28.9 Å². The highest BCUT2D eigenvalue weighted by Gasteiger charge is 2.79. The number of hydrogen-bond acceptors (Lipinski definition) is 6. The van der Waals surface area contributed by atoms with Crippen molar-refractivity contribution in [1.82, 2.24) is 9.80 Å². The van der Waals surface area contributed by atoms with Gasteiger partial charge < -0.3 is 29.3 Å². The number of amides is 3. The summed E-state index contributed by atoms with van der Waals surface area (Å²) in [6, 6.07) is 5.57. The molecule has 0 radical (unpaired) electrons. The van der Waals surface area contributed by atoms with Crippen molar-refractivity contribution < 1.29 is 29.0 Å². The largest absolute Gasteiger partial charge is 0.494 e. The molecule has 2 bridgehead atoms. The molecule has 3 aliphatic heterocycles. The van der Waals surface area contributed by atoms with Gasteiger partial charge in [-0.25, -0.2) is 0 Å². The van der Waals surface area contributed by atoms with Crippen molar-refractivity contribution in [3.05, 3.63) is 49.6 Å². The number of ether oxygens (including phenoxy) is 2. The molecular formula is C32H45N3O6. The van der Waals surface area contributed by atoms with Crippen LogP contribution < -0.4 is 9.64 Å². The SMILES string of the molecule is C=CCN(C(=O)[C@@H]1[C@H]2C(=O)N([C@H](C)CO)C(C(=O)N(CC=C)C(C)C)C23CC[C@@]1(CC)O3)c1ccc(OCC)cc1. The fraction of sp³-hybridized carbons (Fsp3) is 0.594. The van der Waals surface area contributed by atoms with Crippen LogP contribution in [0.3, 0.4) is 0 Å². The number of anilines is 1. The molecule has 1 aromatic rings. The lowest BCUT2D eigenvalue weighted by molar-refractivity contribution is -0.156. The second-order valence-electron chi connectivity index (χ2n) is 11.6. The molecule has 0 aromatic heterocycles. The number of likely N-dealkylation sites (tertiary alicyclic amines) is 1. The first-order valence-corrected chi connectivity index (χ1v) is 14.8. The maximum absolute atomic E-state index is 14.6. The number of aliphatic hydroxyl groups excluding tert-OH is 1. The average Bonchev–Trinajstić information content (AvgIpc) is 3.57. The molecule has 1 spiro atoms. The minimum Gasteiger partial charge on any atom is -0.494 e. The zero-order valence-electron chi connectivity index (χ0n) is 25.0. The Kier molecular flexibility index (Phi) is 8.99. The number of nitrogens with zero attached hydrogens (tertiary/aromatic N) is 3. The first kappa shape index (κ1) is 30.8. The standard InChI is InChI=1S/C32H45N3O6/c1-8-18-33(21(5)6)30(39)27-32-17-16-31(10-3,41-32)25(26(32)29(38)35(27)22(7)20-36)28(37)34(19-9-2)23-12-14-24(15-13-23)40-11-4/h8-9,12-15,21-22,25-27,36H,1-2,10-11,16-20H2,3-7H3/t22-,25+,26+,27?,31-,32?/m1/s1. The third-order valence-corrected chi connectivity index (χ3v) is 9.13. The van der Waals surface area contributed by atoms with Crippen LogP contribution in [0, 0.1) is 11.8 Å². The lowest BCUT2D eigenvalue weighted by Gasteiger charge is -2.39. The van der Waals surface area contributed by atoms with Crippen molar-refractivity contribution in [2.45, 2.75) is 83.2 Å². The van der Waals surface area contributed by atoms with Gasteiger partial charge in [0.2, 0.25) is 17.7 Å². The fourth-order valence-corrected chi connectivity index (χ4v) is 7.23. The molecule has 3 saturated heterocycles. The molecular weight excluding hydrogens is 522 g/mol. The highest BCUT2D eigenvalue weighted by atomic mass is 16.5. The van der Waals surface area contributed by atoms with Crippen LogP contribution in [0.15, 0.2) is 49.6 Å². The third kappa shape index (κ3) is 4.87. The molecule has 0 aliphatic carbocycles. The third-order valence-electron chi connectivity index (χ3n) is 9.13. The van der Waals surface area contributed by atoms with E-state index in [1.807, 2.05) is 52.0 Å². The van der Waals surface area contributed by atoms with E-state index in [-0.39, 0.29) is 36.9 Å². The van der Waals surface area contributed by atoms with Gasteiger partial charge >= 0.3 is 0 Å². The van der Waals surface area contributed by atoms with Gasteiger partial charge in [-0.05, 0) is 71.2 Å². The summed E-state index contributed by atoms with van der Waals surface area (Å²) in [4.78, 5) is 48.1. The molecule has 224 valence electrons. The second kappa shape index (κ2) is 12.0. The summed E-state index contributed by atoms with van der Waals surface area (Å²) in [6.07, 6.45) is 4.90. The fourth-order valence-electron chi connectivity index (χ4n) is 7.23. The Morgan fingerprint density at radius 2 is 1.78 bits per heavy atom. The number of fused-ring (bicyclic) bond motifs is 1. The minimum atomic E-state index is -1.17. The first-order chi connectivity index (χ1) is 19.6. The Morgan fingerprint density at radius 3 is 2.32 bits per heavy atom. The van der Waals surface area contributed by atoms with Crippen LogP contribution in [0.25, 0.3) is 0 Å². The Bertz CT molecular complexity index is 1170. The van der Waals surface area contributed by atoms with E-state index in [2.05, 4.69) is 13.2 Å². The minimum absolute atomic E-state index is 0.142. The smallest absolute Gasteiger partial charge is 0.248 e. The van der Waals surface area contributed by atoms with Gasteiger partial charge in [0, 0.05) is 24.8 Å². The summed E-state index contributed by atoms with van der Waals surface area (Å²) >= 11 is 0. The molecule has 1 aromatic carbocycles. The monoisotopic (exact) mass is 567 g/mol. The first-order valence-electron chi connectivity index (χ1n) is 14.8. The van der Waals surface area contributed by atoms with E-state index in [0.29, 0.717) is 43.9 Å². The number of carbonyl (C=O) groups is 3. The lowest BCUT2D eigenvalue weighted by Crippen LogP contribution is -2.59. The molecule has 4 rings (SSSR count). The number of rotatable bonds is 13. The van der Waals surface area contributed by atoms with E-state index < -0.39 is 35.1 Å². The van der Waals surface area contributed by atoms with Crippen LogP contribution in [0.5, 0.6) is 5.75 Å². The quantitative estimate of drug-likeness (QED) is 0.366. The van der Waals surface area contributed by atoms with E-state index >= 15 is 0 Å². The molecule has 41 heavy (non-hydrogen) atoms. The van der Waals surface area contributed by atoms with Crippen molar-refractivity contribution >= 4 is 23.4 Å². The van der Waals surface area contributed by atoms with Gasteiger partial charge in [-0.15, -0.1) is 13.2 Å². The molecule has 9 nitrogen and oxygen atoms in total. The van der Waals surface area contributed by atoms with Crippen LogP contribution in [0.2, 0.25) is 0 Å². The summed E-state index contributed by atoms with van der Waals surface area (Å²) in [5.41, 5.74) is -1.38. The van der Waals surface area contributed by atoms with Gasteiger partial charge in [0.1, 0.15) is 17.4 Å². The van der Waals surface area contributed by atoms with Gasteiger partial charge in [0.25, 0.3) is 0 Å². The van der Waals surface area contributed by atoms with Crippen molar-refractivity contribution in [3.63, 3.8) is 0 Å². The topological polar surface area (TPSA) is 99.6 Å². The number of carbonyl (C=O) groups excluding carboxylic acids is 3. The predicted molar refractivity (Wildman–Crippen MR) is 157 cm³/mol. The van der Waals surface area contributed by atoms with E-state index in [0.717, 1.165) is 0 Å². The van der Waals surface area contributed by atoms with Gasteiger partial charge in [-0.2, -0.15) is 0 Å². The Labute approximate surface area is 243 Å². The van der Waals surface area contributed by atoms with Gasteiger partial charge in [0.15, 0.2) is 0 Å². The van der Waals surface area contributed by atoms with Crippen LogP contribution in [0.4, 0.5) is 5.69 Å². The second-order valence-corrected chi connectivity index (χ2v) is 11.6. The highest BCUT2D eigenvalue weighted by molar-refractivity contribution is 6.03. The molecule has 3 fully saturated rings. The normalized spacial score (nSPS) is 28.9. The molecule has 6 atom stereocenters. The summed E-state index contributed by atoms with van der Waals surface area (Å²) in [7, 11) is 0. The molecule has 3 aliphatic rings. The highest BCUT2D eigenvalue weighted by Crippen LogP contribution is 2.65. The van der Waals surface area contributed by atoms with Crippen LogP contribution >= 0.6 is 0 Å². The number of benzene rings is 1. The predicted octanol–water partition coefficient (Wildman–Crippen LogP) is 3.56. The average molecular weight is 568 g/mol. The molecule has 2 unspecified atom stereocenters. The summed E-state index contributed by atoms with van der Waals surface area (Å²) in [5.74, 6) is -1.73. The maximum atomic E-state index is 14.6. The Morgan fingerprint density at radius 1 is 1.12 bits per heavy atom. The van der Waals surface area contributed by atoms with Gasteiger partial charge in [-0.3, -0.25) is 14.4 Å². The van der Waals surface area contributed by atoms with Crippen molar-refractivity contribution in [2.24, 2.45) is 11.8 Å². The number of aliphatic hydroxyl groups is 1. The van der Waals surface area contributed by atoms with Gasteiger partial charge in [-0.1, -0.05) is 19.1 Å². The van der Waals surface area contributed by atoms with Gasteiger partial charge in [0.05, 0.1) is 36.7 Å². The van der Waals surface area contributed by atoms with E-state index in [4.69, 9.17) is 9.47 Å². The van der Waals surface area contributed by atoms with Crippen molar-refractivity contribution in [1.29, 1.82) is 0 Å². The maximum Gasteiger partial charge on any atom is 0.248 e. The molecule has 1 N–H and O–H groups in total. The van der Waals surface area contributed by atoms with Crippen molar-refractivity contribution in [3.8, 4) is 5.75 Å². The Hall–Kier alpha value is -3.17. The van der Waals surface area contributed by atoms with Crippen LogP contribution in [-0.4, -0.2) is 88.3 Å². The van der Waals surface area contributed by atoms with Crippen LogP contribution in [0.1, 0.15) is 53.9 Å². The van der Waals surface area contributed by atoms with Crippen LogP contribution in [-0.2, 0) is 19.1 Å². The summed E-state index contributed by atoms with van der Waals surface area (Å²) < 4.78 is 12.5. The summed E-state index contributed by atoms with van der Waals surface area (Å²) in [5, 5.41) is 10.2. The lowest BCUT2D eigenvalue weighted by atomic mass is 9.64. The zero-order valence-corrected chi connectivity index (χ0v) is 25.0. The zero-order chi connectivity index (χ0) is 30.1. The summed E-state index contributed by atoms with van der Waals surface area (Å²) in [6.45, 7) is 17.9. The molecule has 9 heteroatoms. The van der Waals surface area contributed by atoms with E-state index in [1.165, 1.54) is 4.90 Å². The molecule has 3 amide bonds. The van der Waals surface area contributed by atoms with E-state index in [9.17, 15) is 19.5 Å². The number of hydrogen-bond donors (Lipinski definition) is 1.